The van der Waals surface area contributed by atoms with Crippen molar-refractivity contribution < 1.29 is 19.4 Å². The van der Waals surface area contributed by atoms with Crippen LogP contribution in [0.15, 0.2) is 59.5 Å². The van der Waals surface area contributed by atoms with Gasteiger partial charge in [0.1, 0.15) is 5.75 Å². The molecule has 2 N–H and O–H groups in total. The second-order valence-electron chi connectivity index (χ2n) is 5.49. The van der Waals surface area contributed by atoms with Gasteiger partial charge in [0.2, 0.25) is 5.91 Å². The third-order valence-electron chi connectivity index (χ3n) is 3.65. The van der Waals surface area contributed by atoms with Crippen molar-refractivity contribution in [3.8, 4) is 5.75 Å². The van der Waals surface area contributed by atoms with E-state index in [1.165, 1.54) is 11.8 Å². The summed E-state index contributed by atoms with van der Waals surface area (Å²) in [4.78, 5) is 24.3. The summed E-state index contributed by atoms with van der Waals surface area (Å²) >= 11 is 1.40. The monoisotopic (exact) mass is 359 g/mol. The van der Waals surface area contributed by atoms with Crippen LogP contribution in [-0.2, 0) is 16.0 Å². The van der Waals surface area contributed by atoms with Crippen LogP contribution in [0, 0.1) is 5.92 Å². The number of carbonyl (C=O) groups excluding carboxylic acids is 1. The largest absolute Gasteiger partial charge is 0.497 e. The molecule has 6 heteroatoms. The van der Waals surface area contributed by atoms with Gasteiger partial charge in [-0.2, -0.15) is 0 Å². The molecule has 0 heterocycles. The first kappa shape index (κ1) is 18.9. The van der Waals surface area contributed by atoms with E-state index < -0.39 is 11.9 Å². The van der Waals surface area contributed by atoms with Crippen LogP contribution >= 0.6 is 11.8 Å². The second kappa shape index (κ2) is 9.74. The summed E-state index contributed by atoms with van der Waals surface area (Å²) in [6.45, 7) is 0.117. The molecule has 0 saturated heterocycles. The Hall–Kier alpha value is -2.47. The predicted molar refractivity (Wildman–Crippen MR) is 98.0 cm³/mol. The number of hydrogen-bond donors (Lipinski definition) is 2. The minimum absolute atomic E-state index is 0.117. The van der Waals surface area contributed by atoms with E-state index in [1.54, 1.807) is 7.11 Å². The van der Waals surface area contributed by atoms with E-state index in [1.807, 2.05) is 54.6 Å². The Balaban J connectivity index is 1.79. The highest BCUT2D eigenvalue weighted by Crippen LogP contribution is 2.21. The zero-order chi connectivity index (χ0) is 18.1. The maximum atomic E-state index is 12.0. The number of carbonyl (C=O) groups is 2. The van der Waals surface area contributed by atoms with Gasteiger partial charge in [0, 0.05) is 11.4 Å². The molecule has 0 fully saturated rings. The number of amides is 1. The molecule has 0 aromatic heterocycles. The van der Waals surface area contributed by atoms with Crippen molar-refractivity contribution in [2.75, 3.05) is 19.4 Å². The van der Waals surface area contributed by atoms with Gasteiger partial charge in [-0.15, -0.1) is 11.8 Å². The summed E-state index contributed by atoms with van der Waals surface area (Å²) in [5, 5.41) is 12.0. The van der Waals surface area contributed by atoms with Gasteiger partial charge in [-0.3, -0.25) is 9.59 Å². The Kier molecular flexibility index (Phi) is 7.35. The summed E-state index contributed by atoms with van der Waals surface area (Å²) in [6.07, 6.45) is 0.391. The normalized spacial score (nSPS) is 11.6. The number of ether oxygens (including phenoxy) is 1. The average molecular weight is 359 g/mol. The van der Waals surface area contributed by atoms with Crippen LogP contribution in [0.3, 0.4) is 0 Å². The summed E-state index contributed by atoms with van der Waals surface area (Å²) in [6, 6.07) is 16.8. The SMILES string of the molecule is COc1ccc(SCC(=O)NCC(Cc2ccccc2)C(=O)O)cc1. The second-order valence-corrected chi connectivity index (χ2v) is 6.54. The number of benzene rings is 2. The van der Waals surface area contributed by atoms with E-state index in [9.17, 15) is 14.7 Å². The summed E-state index contributed by atoms with van der Waals surface area (Å²) < 4.78 is 5.09. The van der Waals surface area contributed by atoms with E-state index in [0.29, 0.717) is 6.42 Å². The van der Waals surface area contributed by atoms with Crippen molar-refractivity contribution in [3.63, 3.8) is 0 Å². The molecule has 1 amide bonds. The molecule has 2 aromatic carbocycles. The maximum absolute atomic E-state index is 12.0. The van der Waals surface area contributed by atoms with Crippen molar-refractivity contribution in [1.82, 2.24) is 5.32 Å². The fourth-order valence-corrected chi connectivity index (χ4v) is 2.98. The fourth-order valence-electron chi connectivity index (χ4n) is 2.25. The lowest BCUT2D eigenvalue weighted by Crippen LogP contribution is -2.35. The minimum Gasteiger partial charge on any atom is -0.497 e. The van der Waals surface area contributed by atoms with Gasteiger partial charge in [0.25, 0.3) is 0 Å². The Morgan fingerprint density at radius 2 is 1.80 bits per heavy atom. The first-order valence-electron chi connectivity index (χ1n) is 7.88. The highest BCUT2D eigenvalue weighted by atomic mass is 32.2. The van der Waals surface area contributed by atoms with Crippen molar-refractivity contribution in [2.45, 2.75) is 11.3 Å². The van der Waals surface area contributed by atoms with E-state index >= 15 is 0 Å². The molecular formula is C19H21NO4S. The molecule has 0 spiro atoms. The molecule has 0 aliphatic heterocycles. The number of rotatable bonds is 9. The number of thioether (sulfide) groups is 1. The topological polar surface area (TPSA) is 75.6 Å². The van der Waals surface area contributed by atoms with E-state index in [0.717, 1.165) is 16.2 Å². The molecule has 132 valence electrons. The highest BCUT2D eigenvalue weighted by Gasteiger charge is 2.19. The van der Waals surface area contributed by atoms with E-state index in [-0.39, 0.29) is 18.2 Å². The molecule has 0 aliphatic rings. The third kappa shape index (κ3) is 6.51. The Morgan fingerprint density at radius 3 is 2.40 bits per heavy atom. The molecule has 0 bridgehead atoms. The Bertz CT molecular complexity index is 688. The Morgan fingerprint density at radius 1 is 1.12 bits per heavy atom. The predicted octanol–water partition coefficient (Wildman–Crippen LogP) is 2.85. The van der Waals surface area contributed by atoms with Gasteiger partial charge in [-0.05, 0) is 36.2 Å². The number of aliphatic carboxylic acids is 1. The van der Waals surface area contributed by atoms with Gasteiger partial charge >= 0.3 is 5.97 Å². The molecule has 0 saturated carbocycles. The quantitative estimate of drug-likeness (QED) is 0.674. The molecule has 0 radical (unpaired) electrons. The number of nitrogens with one attached hydrogen (secondary N) is 1. The zero-order valence-corrected chi connectivity index (χ0v) is 14.8. The lowest BCUT2D eigenvalue weighted by atomic mass is 9.99. The van der Waals surface area contributed by atoms with Crippen molar-refractivity contribution in [2.24, 2.45) is 5.92 Å². The maximum Gasteiger partial charge on any atom is 0.308 e. The summed E-state index contributed by atoms with van der Waals surface area (Å²) in [5.41, 5.74) is 0.941. The molecule has 0 aliphatic carbocycles. The molecule has 5 nitrogen and oxygen atoms in total. The fraction of sp³-hybridized carbons (Fsp3) is 0.263. The number of carboxylic acid groups (broad SMARTS) is 1. The summed E-state index contributed by atoms with van der Waals surface area (Å²) in [7, 11) is 1.60. The van der Waals surface area contributed by atoms with Gasteiger partial charge in [-0.1, -0.05) is 30.3 Å². The van der Waals surface area contributed by atoms with E-state index in [2.05, 4.69) is 5.32 Å². The van der Waals surface area contributed by atoms with Gasteiger partial charge in [-0.25, -0.2) is 0 Å². The molecule has 1 unspecified atom stereocenters. The first-order chi connectivity index (χ1) is 12.1. The standard InChI is InChI=1S/C19H21NO4S/c1-24-16-7-9-17(10-8-16)25-13-18(21)20-12-15(19(22)23)11-14-5-3-2-4-6-14/h2-10,15H,11-13H2,1H3,(H,20,21)(H,22,23). The van der Waals surface area contributed by atoms with Crippen LogP contribution in [0.1, 0.15) is 5.56 Å². The van der Waals surface area contributed by atoms with Crippen LogP contribution < -0.4 is 10.1 Å². The van der Waals surface area contributed by atoms with Crippen LogP contribution in [0.2, 0.25) is 0 Å². The van der Waals surface area contributed by atoms with Crippen molar-refractivity contribution >= 4 is 23.6 Å². The molecule has 2 rings (SSSR count). The van der Waals surface area contributed by atoms with Crippen LogP contribution in [0.5, 0.6) is 5.75 Å². The third-order valence-corrected chi connectivity index (χ3v) is 4.66. The highest BCUT2D eigenvalue weighted by molar-refractivity contribution is 8.00. The van der Waals surface area contributed by atoms with Crippen LogP contribution in [-0.4, -0.2) is 36.4 Å². The molecule has 1 atom stereocenters. The lowest BCUT2D eigenvalue weighted by molar-refractivity contribution is -0.141. The average Bonchev–Trinajstić information content (AvgIpc) is 2.64. The van der Waals surface area contributed by atoms with Crippen molar-refractivity contribution in [1.29, 1.82) is 0 Å². The number of carboxylic acids is 1. The first-order valence-corrected chi connectivity index (χ1v) is 8.87. The zero-order valence-electron chi connectivity index (χ0n) is 14.0. The van der Waals surface area contributed by atoms with Gasteiger partial charge < -0.3 is 15.2 Å². The van der Waals surface area contributed by atoms with E-state index in [4.69, 9.17) is 4.74 Å². The summed E-state index contributed by atoms with van der Waals surface area (Å²) in [5.74, 6) is -0.729. The number of hydrogen-bond acceptors (Lipinski definition) is 4. The minimum atomic E-state index is -0.910. The van der Waals surface area contributed by atoms with Crippen molar-refractivity contribution in [3.05, 3.63) is 60.2 Å². The Labute approximate surface area is 151 Å². The van der Waals surface area contributed by atoms with Crippen LogP contribution in [0.25, 0.3) is 0 Å². The molecule has 2 aromatic rings. The lowest BCUT2D eigenvalue weighted by Gasteiger charge is -2.13. The molecular weight excluding hydrogens is 338 g/mol. The smallest absolute Gasteiger partial charge is 0.308 e. The molecule has 25 heavy (non-hydrogen) atoms. The number of methoxy groups -OCH3 is 1. The van der Waals surface area contributed by atoms with Crippen LogP contribution in [0.4, 0.5) is 0 Å². The van der Waals surface area contributed by atoms with Gasteiger partial charge in [0.15, 0.2) is 0 Å². The van der Waals surface area contributed by atoms with Gasteiger partial charge in [0.05, 0.1) is 18.8 Å².